The van der Waals surface area contributed by atoms with Crippen molar-refractivity contribution in [3.8, 4) is 28.1 Å². The van der Waals surface area contributed by atoms with Crippen LogP contribution >= 0.6 is 11.3 Å². The minimum Gasteiger partial charge on any atom is -0.496 e. The van der Waals surface area contributed by atoms with E-state index in [0.29, 0.717) is 45.3 Å². The van der Waals surface area contributed by atoms with E-state index in [0.717, 1.165) is 43.9 Å². The van der Waals surface area contributed by atoms with Gasteiger partial charge in [0.25, 0.3) is 11.1 Å². The molecule has 204 valence electrons. The number of rotatable bonds is 8. The van der Waals surface area contributed by atoms with Crippen LogP contribution in [-0.4, -0.2) is 48.5 Å². The van der Waals surface area contributed by atoms with E-state index in [1.54, 1.807) is 37.1 Å². The molecule has 0 N–H and O–H groups in total. The van der Waals surface area contributed by atoms with Crippen molar-refractivity contribution in [3.63, 3.8) is 0 Å². The Morgan fingerprint density at radius 3 is 2.67 bits per heavy atom. The van der Waals surface area contributed by atoms with Crippen LogP contribution in [0.3, 0.4) is 0 Å². The zero-order valence-electron chi connectivity index (χ0n) is 21.8. The highest BCUT2D eigenvalue weighted by atomic mass is 32.1. The molecule has 1 aliphatic rings. The molecule has 8 nitrogen and oxygen atoms in total. The molecule has 0 spiro atoms. The van der Waals surface area contributed by atoms with Crippen molar-refractivity contribution in [2.24, 2.45) is 5.92 Å². The number of fused-ring (bicyclic) bond motifs is 2. The highest BCUT2D eigenvalue weighted by molar-refractivity contribution is 7.18. The van der Waals surface area contributed by atoms with E-state index in [1.807, 2.05) is 18.2 Å². The Kier molecular flexibility index (Phi) is 6.54. The number of hydrogen-bond acceptors (Lipinski definition) is 8. The molecule has 1 unspecified atom stereocenters. The molecule has 1 atom stereocenters. The molecule has 4 heterocycles. The fraction of sp³-hybridized carbons (Fsp3) is 0.357. The summed E-state index contributed by atoms with van der Waals surface area (Å²) in [6.45, 7) is 3.10. The van der Waals surface area contributed by atoms with Gasteiger partial charge in [0.1, 0.15) is 22.8 Å². The summed E-state index contributed by atoms with van der Waals surface area (Å²) in [5.41, 5.74) is 2.27. The van der Waals surface area contributed by atoms with Gasteiger partial charge >= 0.3 is 0 Å². The maximum absolute atomic E-state index is 13.6. The SMILES string of the molecule is COc1cc(OCC2CCCN(c3ccc(C(C)(F)F)cc3)C2)c2cc(-c3cn4nc(OC)sc4n3)oc2c1. The lowest BCUT2D eigenvalue weighted by atomic mass is 9.98. The van der Waals surface area contributed by atoms with Crippen LogP contribution in [0, 0.1) is 5.92 Å². The first-order valence-electron chi connectivity index (χ1n) is 12.7. The number of nitrogens with zero attached hydrogens (tertiary/aromatic N) is 4. The first kappa shape index (κ1) is 25.4. The zero-order chi connectivity index (χ0) is 27.1. The quantitative estimate of drug-likeness (QED) is 0.213. The van der Waals surface area contributed by atoms with Gasteiger partial charge in [-0.25, -0.2) is 18.3 Å². The highest BCUT2D eigenvalue weighted by Gasteiger charge is 2.26. The molecule has 6 rings (SSSR count). The minimum absolute atomic E-state index is 0.0241. The van der Waals surface area contributed by atoms with E-state index in [1.165, 1.54) is 23.5 Å². The van der Waals surface area contributed by atoms with Crippen LogP contribution < -0.4 is 19.1 Å². The largest absolute Gasteiger partial charge is 0.496 e. The van der Waals surface area contributed by atoms with Crippen LogP contribution in [-0.2, 0) is 5.92 Å². The third-order valence-corrected chi connectivity index (χ3v) is 7.88. The van der Waals surface area contributed by atoms with Gasteiger partial charge in [-0.15, -0.1) is 5.10 Å². The summed E-state index contributed by atoms with van der Waals surface area (Å²) in [5, 5.41) is 5.69. The number of halogens is 2. The number of piperidine rings is 1. The summed E-state index contributed by atoms with van der Waals surface area (Å²) in [4.78, 5) is 7.56. The van der Waals surface area contributed by atoms with Crippen molar-refractivity contribution in [2.75, 3.05) is 38.8 Å². The molecule has 1 aliphatic heterocycles. The van der Waals surface area contributed by atoms with Gasteiger partial charge in [-0.05, 0) is 42.4 Å². The summed E-state index contributed by atoms with van der Waals surface area (Å²) < 4.78 is 52.1. The van der Waals surface area contributed by atoms with Crippen molar-refractivity contribution in [2.45, 2.75) is 25.7 Å². The first-order valence-corrected chi connectivity index (χ1v) is 13.5. The number of hydrogen-bond donors (Lipinski definition) is 0. The molecular formula is C28H28F2N4O4S. The zero-order valence-corrected chi connectivity index (χ0v) is 22.6. The molecule has 0 aliphatic carbocycles. The number of ether oxygens (including phenoxy) is 3. The van der Waals surface area contributed by atoms with Crippen LogP contribution in [0.25, 0.3) is 27.4 Å². The summed E-state index contributed by atoms with van der Waals surface area (Å²) in [7, 11) is 3.18. The minimum atomic E-state index is -2.84. The van der Waals surface area contributed by atoms with E-state index in [-0.39, 0.29) is 11.5 Å². The average Bonchev–Trinajstić information content (AvgIpc) is 3.64. The molecular weight excluding hydrogens is 526 g/mol. The third kappa shape index (κ3) is 5.10. The molecule has 0 amide bonds. The molecule has 2 aromatic carbocycles. The normalized spacial score (nSPS) is 16.2. The van der Waals surface area contributed by atoms with Gasteiger partial charge in [0.05, 0.1) is 32.4 Å². The van der Waals surface area contributed by atoms with Crippen LogP contribution in [0.4, 0.5) is 14.5 Å². The van der Waals surface area contributed by atoms with Crippen molar-refractivity contribution >= 4 is 33.0 Å². The number of anilines is 1. The molecule has 1 fully saturated rings. The standard InChI is InChI=1S/C28H28F2N4O4S/c1-28(29,30)18-6-8-19(9-7-18)33-10-4-5-17(14-33)16-37-23-11-20(35-2)12-24-21(23)13-25(38-24)22-15-34-26(31-22)39-27(32-34)36-3/h6-9,11-13,15,17H,4-5,10,14,16H2,1-3H3. The van der Waals surface area contributed by atoms with Gasteiger partial charge in [0.2, 0.25) is 4.96 Å². The molecule has 0 radical (unpaired) electrons. The second-order valence-electron chi connectivity index (χ2n) is 9.77. The van der Waals surface area contributed by atoms with E-state index < -0.39 is 5.92 Å². The van der Waals surface area contributed by atoms with Gasteiger partial charge < -0.3 is 23.5 Å². The van der Waals surface area contributed by atoms with E-state index in [4.69, 9.17) is 18.6 Å². The lowest BCUT2D eigenvalue weighted by molar-refractivity contribution is 0.0175. The Morgan fingerprint density at radius 1 is 1.13 bits per heavy atom. The number of methoxy groups -OCH3 is 2. The van der Waals surface area contributed by atoms with E-state index in [2.05, 4.69) is 15.0 Å². The van der Waals surface area contributed by atoms with Gasteiger partial charge in [-0.1, -0.05) is 12.1 Å². The van der Waals surface area contributed by atoms with Crippen molar-refractivity contribution in [1.29, 1.82) is 0 Å². The highest BCUT2D eigenvalue weighted by Crippen LogP contribution is 2.38. The van der Waals surface area contributed by atoms with Crippen LogP contribution in [0.15, 0.2) is 53.1 Å². The second-order valence-corrected chi connectivity index (χ2v) is 10.7. The van der Waals surface area contributed by atoms with Crippen molar-refractivity contribution < 1.29 is 27.4 Å². The lowest BCUT2D eigenvalue weighted by Gasteiger charge is -2.34. The molecule has 5 aromatic rings. The van der Waals surface area contributed by atoms with E-state index in [9.17, 15) is 8.78 Å². The van der Waals surface area contributed by atoms with Gasteiger partial charge in [0, 0.05) is 49.3 Å². The third-order valence-electron chi connectivity index (χ3n) is 6.99. The summed E-state index contributed by atoms with van der Waals surface area (Å²) >= 11 is 1.35. The Bertz CT molecular complexity index is 1570. The van der Waals surface area contributed by atoms with Crippen molar-refractivity contribution in [1.82, 2.24) is 14.6 Å². The predicted molar refractivity (Wildman–Crippen MR) is 146 cm³/mol. The van der Waals surface area contributed by atoms with Gasteiger partial charge in [0.15, 0.2) is 5.76 Å². The van der Waals surface area contributed by atoms with Crippen LogP contribution in [0.1, 0.15) is 25.3 Å². The number of benzene rings is 2. The Balaban J connectivity index is 1.20. The molecule has 11 heteroatoms. The van der Waals surface area contributed by atoms with E-state index >= 15 is 0 Å². The number of furan rings is 1. The monoisotopic (exact) mass is 554 g/mol. The number of aromatic nitrogens is 3. The Hall–Kier alpha value is -3.86. The smallest absolute Gasteiger partial charge is 0.294 e. The fourth-order valence-electron chi connectivity index (χ4n) is 4.94. The molecule has 0 bridgehead atoms. The maximum Gasteiger partial charge on any atom is 0.294 e. The van der Waals surface area contributed by atoms with Crippen LogP contribution in [0.5, 0.6) is 16.7 Å². The van der Waals surface area contributed by atoms with Gasteiger partial charge in [-0.2, -0.15) is 0 Å². The molecule has 1 saturated heterocycles. The van der Waals surface area contributed by atoms with Crippen LogP contribution in [0.2, 0.25) is 0 Å². The average molecular weight is 555 g/mol. The van der Waals surface area contributed by atoms with Crippen molar-refractivity contribution in [3.05, 3.63) is 54.2 Å². The predicted octanol–water partition coefficient (Wildman–Crippen LogP) is 6.63. The Labute approximate surface area is 227 Å². The molecule has 39 heavy (non-hydrogen) atoms. The van der Waals surface area contributed by atoms with Gasteiger partial charge in [-0.3, -0.25) is 0 Å². The topological polar surface area (TPSA) is 74.3 Å². The Morgan fingerprint density at radius 2 is 1.95 bits per heavy atom. The molecule has 3 aromatic heterocycles. The number of alkyl halides is 2. The summed E-state index contributed by atoms with van der Waals surface area (Å²) in [5.74, 6) is -0.658. The second kappa shape index (κ2) is 10.0. The lowest BCUT2D eigenvalue weighted by Crippen LogP contribution is -2.37. The summed E-state index contributed by atoms with van der Waals surface area (Å²) in [6.07, 6.45) is 3.82. The maximum atomic E-state index is 13.6. The molecule has 0 saturated carbocycles. The first-order chi connectivity index (χ1) is 18.8. The summed E-state index contributed by atoms with van der Waals surface area (Å²) in [6, 6.07) is 12.2. The number of imidazole rings is 1. The fourth-order valence-corrected chi connectivity index (χ4v) is 5.64.